The molecule has 0 bridgehead atoms. The SMILES string of the molecule is CC1CCCCCC1N1CCC(=O)N2CCCCC2C1=O. The summed E-state index contributed by atoms with van der Waals surface area (Å²) in [5, 5.41) is 0. The quantitative estimate of drug-likeness (QED) is 0.697. The Labute approximate surface area is 127 Å². The molecule has 0 aromatic carbocycles. The van der Waals surface area contributed by atoms with E-state index < -0.39 is 0 Å². The summed E-state index contributed by atoms with van der Waals surface area (Å²) in [6.45, 7) is 3.71. The van der Waals surface area contributed by atoms with Crippen LogP contribution in [0.2, 0.25) is 0 Å². The van der Waals surface area contributed by atoms with Gasteiger partial charge in [0.2, 0.25) is 11.8 Å². The molecular formula is C17H28N2O2. The van der Waals surface area contributed by atoms with Crippen LogP contribution in [-0.2, 0) is 9.59 Å². The van der Waals surface area contributed by atoms with E-state index in [0.717, 1.165) is 32.2 Å². The van der Waals surface area contributed by atoms with Crippen molar-refractivity contribution < 1.29 is 9.59 Å². The van der Waals surface area contributed by atoms with Gasteiger partial charge < -0.3 is 9.80 Å². The van der Waals surface area contributed by atoms with E-state index in [2.05, 4.69) is 11.8 Å². The summed E-state index contributed by atoms with van der Waals surface area (Å²) in [6.07, 6.45) is 9.65. The van der Waals surface area contributed by atoms with Gasteiger partial charge in [-0.2, -0.15) is 0 Å². The summed E-state index contributed by atoms with van der Waals surface area (Å²) in [7, 11) is 0. The molecule has 0 N–H and O–H groups in total. The first-order valence-electron chi connectivity index (χ1n) is 8.78. The molecule has 0 aromatic rings. The Bertz CT molecular complexity index is 410. The van der Waals surface area contributed by atoms with Crippen molar-refractivity contribution in [1.29, 1.82) is 0 Å². The first kappa shape index (κ1) is 14.9. The summed E-state index contributed by atoms with van der Waals surface area (Å²) < 4.78 is 0. The van der Waals surface area contributed by atoms with Crippen LogP contribution in [0.4, 0.5) is 0 Å². The van der Waals surface area contributed by atoms with E-state index in [4.69, 9.17) is 0 Å². The van der Waals surface area contributed by atoms with Gasteiger partial charge in [-0.05, 0) is 38.0 Å². The molecule has 4 heteroatoms. The number of amides is 2. The number of carbonyl (C=O) groups excluding carboxylic acids is 2. The minimum absolute atomic E-state index is 0.163. The zero-order chi connectivity index (χ0) is 14.8. The van der Waals surface area contributed by atoms with E-state index in [0.29, 0.717) is 24.9 Å². The van der Waals surface area contributed by atoms with Crippen LogP contribution in [0, 0.1) is 5.92 Å². The molecular weight excluding hydrogens is 264 g/mol. The van der Waals surface area contributed by atoms with Gasteiger partial charge >= 0.3 is 0 Å². The Balaban J connectivity index is 1.81. The number of hydrogen-bond acceptors (Lipinski definition) is 2. The lowest BCUT2D eigenvalue weighted by Crippen LogP contribution is -2.52. The third kappa shape index (κ3) is 2.95. The first-order valence-corrected chi connectivity index (χ1v) is 8.78. The molecule has 3 fully saturated rings. The summed E-state index contributed by atoms with van der Waals surface area (Å²) in [5.74, 6) is 0.998. The average molecular weight is 292 g/mol. The lowest BCUT2D eigenvalue weighted by atomic mass is 9.94. The van der Waals surface area contributed by atoms with Crippen molar-refractivity contribution in [3.8, 4) is 0 Å². The smallest absolute Gasteiger partial charge is 0.245 e. The Morgan fingerprint density at radius 1 is 0.857 bits per heavy atom. The lowest BCUT2D eigenvalue weighted by molar-refractivity contribution is -0.144. The zero-order valence-electron chi connectivity index (χ0n) is 13.2. The maximum atomic E-state index is 13.0. The minimum Gasteiger partial charge on any atom is -0.337 e. The molecule has 0 spiro atoms. The van der Waals surface area contributed by atoms with Crippen LogP contribution >= 0.6 is 0 Å². The number of rotatable bonds is 1. The molecule has 0 aromatic heterocycles. The van der Waals surface area contributed by atoms with Crippen molar-refractivity contribution in [2.45, 2.75) is 76.8 Å². The summed E-state index contributed by atoms with van der Waals surface area (Å²) in [4.78, 5) is 29.3. The molecule has 3 rings (SSSR count). The fraction of sp³-hybridized carbons (Fsp3) is 0.882. The molecule has 3 atom stereocenters. The maximum Gasteiger partial charge on any atom is 0.245 e. The molecule has 2 heterocycles. The monoisotopic (exact) mass is 292 g/mol. The average Bonchev–Trinajstić information content (AvgIpc) is 2.77. The topological polar surface area (TPSA) is 40.6 Å². The number of carbonyl (C=O) groups is 2. The lowest BCUT2D eigenvalue weighted by Gasteiger charge is -2.38. The Hall–Kier alpha value is -1.06. The van der Waals surface area contributed by atoms with Crippen LogP contribution in [0.1, 0.15) is 64.7 Å². The second-order valence-electron chi connectivity index (χ2n) is 7.06. The van der Waals surface area contributed by atoms with Gasteiger partial charge in [-0.15, -0.1) is 0 Å². The summed E-state index contributed by atoms with van der Waals surface area (Å²) in [6, 6.07) is 0.193. The van der Waals surface area contributed by atoms with Crippen LogP contribution in [0.25, 0.3) is 0 Å². The Morgan fingerprint density at radius 2 is 1.62 bits per heavy atom. The fourth-order valence-corrected chi connectivity index (χ4v) is 4.41. The van der Waals surface area contributed by atoms with Crippen LogP contribution < -0.4 is 0 Å². The number of fused-ring (bicyclic) bond motifs is 1. The van der Waals surface area contributed by atoms with Gasteiger partial charge in [0, 0.05) is 25.6 Å². The number of nitrogens with zero attached hydrogens (tertiary/aromatic N) is 2. The Kier molecular flexibility index (Phi) is 4.51. The van der Waals surface area contributed by atoms with E-state index in [1.54, 1.807) is 0 Å². The second-order valence-corrected chi connectivity index (χ2v) is 7.06. The zero-order valence-corrected chi connectivity index (χ0v) is 13.2. The van der Waals surface area contributed by atoms with E-state index >= 15 is 0 Å². The van der Waals surface area contributed by atoms with Crippen molar-refractivity contribution in [3.05, 3.63) is 0 Å². The van der Waals surface area contributed by atoms with Gasteiger partial charge in [0.15, 0.2) is 0 Å². The highest BCUT2D eigenvalue weighted by molar-refractivity contribution is 5.90. The molecule has 2 amide bonds. The third-order valence-corrected chi connectivity index (χ3v) is 5.67. The molecule has 118 valence electrons. The minimum atomic E-state index is -0.163. The molecule has 2 aliphatic heterocycles. The molecule has 21 heavy (non-hydrogen) atoms. The van der Waals surface area contributed by atoms with Gasteiger partial charge in [0.25, 0.3) is 0 Å². The molecule has 3 unspecified atom stereocenters. The van der Waals surface area contributed by atoms with Crippen molar-refractivity contribution in [3.63, 3.8) is 0 Å². The van der Waals surface area contributed by atoms with Gasteiger partial charge in [-0.1, -0.05) is 26.2 Å². The van der Waals surface area contributed by atoms with Crippen molar-refractivity contribution in [2.24, 2.45) is 5.92 Å². The Morgan fingerprint density at radius 3 is 2.48 bits per heavy atom. The van der Waals surface area contributed by atoms with Crippen LogP contribution in [0.3, 0.4) is 0 Å². The molecule has 1 aliphatic carbocycles. The third-order valence-electron chi connectivity index (χ3n) is 5.67. The van der Waals surface area contributed by atoms with Crippen LogP contribution in [0.5, 0.6) is 0 Å². The van der Waals surface area contributed by atoms with Crippen molar-refractivity contribution >= 4 is 11.8 Å². The largest absolute Gasteiger partial charge is 0.337 e. The van der Waals surface area contributed by atoms with Gasteiger partial charge in [0.1, 0.15) is 6.04 Å². The molecule has 3 aliphatic rings. The molecule has 2 saturated heterocycles. The molecule has 4 nitrogen and oxygen atoms in total. The highest BCUT2D eigenvalue weighted by atomic mass is 16.2. The summed E-state index contributed by atoms with van der Waals surface area (Å²) >= 11 is 0. The standard InChI is InChI=1S/C17H28N2O2/c1-13-7-3-2-4-8-14(13)19-12-10-16(20)18-11-6-5-9-15(18)17(19)21/h13-15H,2-12H2,1H3. The second kappa shape index (κ2) is 6.37. The highest BCUT2D eigenvalue weighted by Gasteiger charge is 2.41. The van der Waals surface area contributed by atoms with Crippen molar-refractivity contribution in [1.82, 2.24) is 9.80 Å². The summed E-state index contributed by atoms with van der Waals surface area (Å²) in [5.41, 5.74) is 0. The highest BCUT2D eigenvalue weighted by Crippen LogP contribution is 2.31. The van der Waals surface area contributed by atoms with Gasteiger partial charge in [-0.3, -0.25) is 9.59 Å². The van der Waals surface area contributed by atoms with E-state index in [9.17, 15) is 9.59 Å². The first-order chi connectivity index (χ1) is 10.2. The van der Waals surface area contributed by atoms with Gasteiger partial charge in [0.05, 0.1) is 0 Å². The number of piperidine rings is 1. The molecule has 0 radical (unpaired) electrons. The van der Waals surface area contributed by atoms with Crippen LogP contribution in [0.15, 0.2) is 0 Å². The van der Waals surface area contributed by atoms with E-state index in [-0.39, 0.29) is 17.9 Å². The van der Waals surface area contributed by atoms with E-state index in [1.807, 2.05) is 4.90 Å². The normalized spacial score (nSPS) is 35.2. The van der Waals surface area contributed by atoms with Gasteiger partial charge in [-0.25, -0.2) is 0 Å². The van der Waals surface area contributed by atoms with Crippen molar-refractivity contribution in [2.75, 3.05) is 13.1 Å². The maximum absolute atomic E-state index is 13.0. The van der Waals surface area contributed by atoms with E-state index in [1.165, 1.54) is 25.7 Å². The molecule has 1 saturated carbocycles. The predicted octanol–water partition coefficient (Wildman–Crippen LogP) is 2.57. The fourth-order valence-electron chi connectivity index (χ4n) is 4.41. The van der Waals surface area contributed by atoms with Crippen LogP contribution in [-0.4, -0.2) is 46.8 Å². The predicted molar refractivity (Wildman–Crippen MR) is 81.7 cm³/mol. The number of hydrogen-bond donors (Lipinski definition) is 0.